The molecule has 1 unspecified atom stereocenters. The highest BCUT2D eigenvalue weighted by molar-refractivity contribution is 7.85. The molecule has 0 rings (SSSR count). The molecule has 0 aliphatic heterocycles. The number of amides is 1. The Morgan fingerprint density at radius 2 is 1.52 bits per heavy atom. The molecule has 0 bridgehead atoms. The Labute approximate surface area is 141 Å². The summed E-state index contributed by atoms with van der Waals surface area (Å²) < 4.78 is 30.9. The van der Waals surface area contributed by atoms with Crippen LogP contribution in [0.5, 0.6) is 0 Å². The summed E-state index contributed by atoms with van der Waals surface area (Å²) in [5.41, 5.74) is 0. The monoisotopic (exact) mass is 347 g/mol. The number of hydrogen-bond donors (Lipinski definition) is 2. The van der Waals surface area contributed by atoms with Crippen molar-refractivity contribution in [3.05, 3.63) is 12.7 Å². The fraction of sp³-hybridized carbons (Fsp3) is 0.824. The number of hydrogen-bond acceptors (Lipinski definition) is 3. The minimum Gasteiger partial charge on any atom is -0.349 e. The summed E-state index contributed by atoms with van der Waals surface area (Å²) in [6.45, 7) is 5.56. The summed E-state index contributed by atoms with van der Waals surface area (Å²) in [5.74, 6) is -0.852. The van der Waals surface area contributed by atoms with Gasteiger partial charge >= 0.3 is 0 Å². The van der Waals surface area contributed by atoms with Crippen molar-refractivity contribution < 1.29 is 17.8 Å². The molecule has 0 saturated heterocycles. The van der Waals surface area contributed by atoms with Crippen LogP contribution in [-0.4, -0.2) is 30.7 Å². The van der Waals surface area contributed by atoms with Crippen LogP contribution in [-0.2, 0) is 14.9 Å². The van der Waals surface area contributed by atoms with Gasteiger partial charge in [-0.25, -0.2) is 0 Å². The van der Waals surface area contributed by atoms with E-state index in [9.17, 15) is 13.2 Å². The second kappa shape index (κ2) is 13.5. The van der Waals surface area contributed by atoms with Gasteiger partial charge in [-0.1, -0.05) is 77.7 Å². The molecule has 0 fully saturated rings. The lowest BCUT2D eigenvalue weighted by atomic mass is 10.0. The van der Waals surface area contributed by atoms with Gasteiger partial charge in [0.1, 0.15) is 0 Å². The molecule has 1 amide bonds. The van der Waals surface area contributed by atoms with Crippen molar-refractivity contribution in [2.45, 2.75) is 83.6 Å². The van der Waals surface area contributed by atoms with Crippen molar-refractivity contribution in [2.24, 2.45) is 0 Å². The summed E-state index contributed by atoms with van der Waals surface area (Å²) in [5, 5.41) is 2.56. The zero-order valence-electron chi connectivity index (χ0n) is 14.4. The molecule has 0 aliphatic carbocycles. The van der Waals surface area contributed by atoms with Crippen LogP contribution in [0.4, 0.5) is 0 Å². The predicted molar refractivity (Wildman–Crippen MR) is 95.0 cm³/mol. The van der Waals surface area contributed by atoms with Crippen molar-refractivity contribution in [1.82, 2.24) is 5.32 Å². The summed E-state index contributed by atoms with van der Waals surface area (Å²) in [6.07, 6.45) is 13.6. The van der Waals surface area contributed by atoms with Crippen LogP contribution in [0.15, 0.2) is 12.7 Å². The topological polar surface area (TPSA) is 83.5 Å². The van der Waals surface area contributed by atoms with Crippen molar-refractivity contribution >= 4 is 16.0 Å². The van der Waals surface area contributed by atoms with Gasteiger partial charge in [-0.2, -0.15) is 8.42 Å². The van der Waals surface area contributed by atoms with Crippen LogP contribution in [0.2, 0.25) is 0 Å². The second-order valence-electron chi connectivity index (χ2n) is 6.13. The summed E-state index contributed by atoms with van der Waals surface area (Å²) >= 11 is 0. The average Bonchev–Trinajstić information content (AvgIpc) is 2.47. The van der Waals surface area contributed by atoms with Crippen LogP contribution in [0.25, 0.3) is 0 Å². The number of nitrogens with one attached hydrogen (secondary N) is 1. The highest BCUT2D eigenvalue weighted by Crippen LogP contribution is 2.12. The molecule has 0 spiro atoms. The SMILES string of the molecule is C=CC(=O)NC(CCCCCCCCCCCC)CS(=O)(=O)O. The van der Waals surface area contributed by atoms with Crippen molar-refractivity contribution in [2.75, 3.05) is 5.75 Å². The van der Waals surface area contributed by atoms with Gasteiger partial charge in [0, 0.05) is 6.04 Å². The van der Waals surface area contributed by atoms with Gasteiger partial charge in [0.15, 0.2) is 0 Å². The standard InChI is InChI=1S/C17H33NO4S/c1-3-5-6-7-8-9-10-11-12-13-14-16(15-23(20,21)22)18-17(19)4-2/h4,16H,2-3,5-15H2,1H3,(H,18,19)(H,20,21,22). The molecule has 0 heterocycles. The number of unbranched alkanes of at least 4 members (excludes halogenated alkanes) is 9. The fourth-order valence-corrected chi connectivity index (χ4v) is 3.35. The fourth-order valence-electron chi connectivity index (χ4n) is 2.59. The molecular weight excluding hydrogens is 314 g/mol. The van der Waals surface area contributed by atoms with Crippen LogP contribution >= 0.6 is 0 Å². The smallest absolute Gasteiger partial charge is 0.266 e. The molecule has 5 nitrogen and oxygen atoms in total. The molecule has 0 radical (unpaired) electrons. The van der Waals surface area contributed by atoms with E-state index in [2.05, 4.69) is 18.8 Å². The Morgan fingerprint density at radius 3 is 1.96 bits per heavy atom. The third-order valence-corrected chi connectivity index (χ3v) is 4.67. The minimum absolute atomic E-state index is 0.411. The first kappa shape index (κ1) is 22.1. The maximum Gasteiger partial charge on any atom is 0.266 e. The van der Waals surface area contributed by atoms with Crippen LogP contribution in [0.1, 0.15) is 77.6 Å². The average molecular weight is 348 g/mol. The first-order chi connectivity index (χ1) is 10.9. The third kappa shape index (κ3) is 15.8. The molecular formula is C17H33NO4S. The molecule has 23 heavy (non-hydrogen) atoms. The van der Waals surface area contributed by atoms with Crippen LogP contribution < -0.4 is 5.32 Å². The molecule has 1 atom stereocenters. The molecule has 6 heteroatoms. The Hall–Kier alpha value is -0.880. The maximum atomic E-state index is 11.3. The van der Waals surface area contributed by atoms with Gasteiger partial charge in [-0.3, -0.25) is 9.35 Å². The number of carbonyl (C=O) groups excluding carboxylic acids is 1. The van der Waals surface area contributed by atoms with E-state index in [0.717, 1.165) is 25.3 Å². The molecule has 0 aromatic rings. The first-order valence-electron chi connectivity index (χ1n) is 8.77. The third-order valence-electron chi connectivity index (χ3n) is 3.85. The zero-order chi connectivity index (χ0) is 17.6. The van der Waals surface area contributed by atoms with Crippen molar-refractivity contribution in [3.8, 4) is 0 Å². The summed E-state index contributed by atoms with van der Waals surface area (Å²) in [6, 6.07) is -0.551. The van der Waals surface area contributed by atoms with Crippen molar-refractivity contribution in [3.63, 3.8) is 0 Å². The predicted octanol–water partition coefficient (Wildman–Crippen LogP) is 3.86. The Morgan fingerprint density at radius 1 is 1.04 bits per heavy atom. The largest absolute Gasteiger partial charge is 0.349 e. The lowest BCUT2D eigenvalue weighted by molar-refractivity contribution is -0.117. The van der Waals surface area contributed by atoms with E-state index in [1.807, 2.05) is 0 Å². The Balaban J connectivity index is 3.78. The minimum atomic E-state index is -4.09. The molecule has 2 N–H and O–H groups in total. The quantitative estimate of drug-likeness (QED) is 0.268. The number of rotatable bonds is 15. The zero-order valence-corrected chi connectivity index (χ0v) is 15.2. The van der Waals surface area contributed by atoms with E-state index in [0.29, 0.717) is 6.42 Å². The van der Waals surface area contributed by atoms with E-state index in [4.69, 9.17) is 4.55 Å². The van der Waals surface area contributed by atoms with Crippen LogP contribution in [0, 0.1) is 0 Å². The van der Waals surface area contributed by atoms with Gasteiger partial charge in [0.2, 0.25) is 5.91 Å². The molecule has 0 aliphatic rings. The van der Waals surface area contributed by atoms with E-state index in [-0.39, 0.29) is 0 Å². The van der Waals surface area contributed by atoms with E-state index >= 15 is 0 Å². The Bertz CT molecular complexity index is 420. The first-order valence-corrected chi connectivity index (χ1v) is 10.4. The summed E-state index contributed by atoms with van der Waals surface area (Å²) in [7, 11) is -4.09. The van der Waals surface area contributed by atoms with Gasteiger partial charge < -0.3 is 5.32 Å². The molecule has 0 aromatic heterocycles. The second-order valence-corrected chi connectivity index (χ2v) is 7.63. The maximum absolute atomic E-state index is 11.3. The normalized spacial score (nSPS) is 12.8. The van der Waals surface area contributed by atoms with Gasteiger partial charge in [0.25, 0.3) is 10.1 Å². The van der Waals surface area contributed by atoms with Crippen molar-refractivity contribution in [1.29, 1.82) is 0 Å². The lowest BCUT2D eigenvalue weighted by Gasteiger charge is -2.16. The Kier molecular flexibility index (Phi) is 13.0. The molecule has 0 aromatic carbocycles. The van der Waals surface area contributed by atoms with Gasteiger partial charge in [0.05, 0.1) is 5.75 Å². The number of carbonyl (C=O) groups is 1. The van der Waals surface area contributed by atoms with E-state index in [1.165, 1.54) is 44.9 Å². The van der Waals surface area contributed by atoms with Crippen LogP contribution in [0.3, 0.4) is 0 Å². The highest BCUT2D eigenvalue weighted by atomic mass is 32.2. The molecule has 0 saturated carbocycles. The van der Waals surface area contributed by atoms with E-state index in [1.54, 1.807) is 0 Å². The molecule has 136 valence electrons. The van der Waals surface area contributed by atoms with Gasteiger partial charge in [-0.15, -0.1) is 0 Å². The van der Waals surface area contributed by atoms with Gasteiger partial charge in [-0.05, 0) is 12.5 Å². The van der Waals surface area contributed by atoms with E-state index < -0.39 is 27.8 Å². The summed E-state index contributed by atoms with van der Waals surface area (Å²) in [4.78, 5) is 11.3. The lowest BCUT2D eigenvalue weighted by Crippen LogP contribution is -2.38. The highest BCUT2D eigenvalue weighted by Gasteiger charge is 2.17.